The van der Waals surface area contributed by atoms with Gasteiger partial charge in [-0.1, -0.05) is 13.8 Å². The van der Waals surface area contributed by atoms with Crippen molar-refractivity contribution < 1.29 is 4.74 Å². The molecule has 1 heterocycles. The lowest BCUT2D eigenvalue weighted by Crippen LogP contribution is -2.15. The fourth-order valence-corrected chi connectivity index (χ4v) is 1.56. The van der Waals surface area contributed by atoms with Gasteiger partial charge in [-0.2, -0.15) is 5.26 Å². The van der Waals surface area contributed by atoms with Crippen molar-refractivity contribution in [3.63, 3.8) is 0 Å². The van der Waals surface area contributed by atoms with Gasteiger partial charge in [0.1, 0.15) is 23.6 Å². The van der Waals surface area contributed by atoms with Crippen LogP contribution in [0.1, 0.15) is 37.0 Å². The number of hydrogen-bond acceptors (Lipinski definition) is 5. The van der Waals surface area contributed by atoms with E-state index in [1.54, 1.807) is 14.0 Å². The molecule has 1 rings (SSSR count). The molecule has 0 bridgehead atoms. The smallest absolute Gasteiger partial charge is 0.160 e. The molecule has 5 heteroatoms. The molecule has 5 nitrogen and oxygen atoms in total. The van der Waals surface area contributed by atoms with Gasteiger partial charge in [0.05, 0.1) is 5.69 Å². The highest BCUT2D eigenvalue weighted by Gasteiger charge is 2.20. The lowest BCUT2D eigenvalue weighted by Gasteiger charge is -2.18. The second-order valence-electron chi connectivity index (χ2n) is 3.94. The van der Waals surface area contributed by atoms with Crippen LogP contribution < -0.4 is 5.73 Å². The number of nitrogens with two attached hydrogens (primary N) is 1. The van der Waals surface area contributed by atoms with Crippen molar-refractivity contribution in [1.82, 2.24) is 9.97 Å². The lowest BCUT2D eigenvalue weighted by molar-refractivity contribution is 0.0574. The zero-order valence-corrected chi connectivity index (χ0v) is 9.98. The van der Waals surface area contributed by atoms with Crippen molar-refractivity contribution in [3.8, 4) is 6.07 Å². The Hall–Kier alpha value is -1.67. The third-order valence-corrected chi connectivity index (χ3v) is 2.36. The molecule has 0 aromatic carbocycles. The van der Waals surface area contributed by atoms with E-state index in [1.807, 2.05) is 19.9 Å². The van der Waals surface area contributed by atoms with Crippen LogP contribution in [0, 0.1) is 24.2 Å². The molecule has 1 aromatic heterocycles. The predicted molar refractivity (Wildman–Crippen MR) is 60.5 cm³/mol. The molecule has 86 valence electrons. The summed E-state index contributed by atoms with van der Waals surface area (Å²) in [6.07, 6.45) is -0.200. The number of aryl methyl sites for hydroxylation is 1. The third kappa shape index (κ3) is 2.28. The summed E-state index contributed by atoms with van der Waals surface area (Å²) in [6.45, 7) is 5.77. The van der Waals surface area contributed by atoms with E-state index in [-0.39, 0.29) is 17.8 Å². The van der Waals surface area contributed by atoms with Crippen LogP contribution in [-0.4, -0.2) is 17.1 Å². The summed E-state index contributed by atoms with van der Waals surface area (Å²) in [5, 5.41) is 8.85. The minimum absolute atomic E-state index is 0.200. The van der Waals surface area contributed by atoms with Crippen molar-refractivity contribution in [2.75, 3.05) is 12.8 Å². The first kappa shape index (κ1) is 12.4. The Morgan fingerprint density at radius 2 is 2.00 bits per heavy atom. The maximum Gasteiger partial charge on any atom is 0.160 e. The van der Waals surface area contributed by atoms with Crippen molar-refractivity contribution in [2.24, 2.45) is 5.92 Å². The second kappa shape index (κ2) is 4.90. The van der Waals surface area contributed by atoms with Gasteiger partial charge in [0.25, 0.3) is 0 Å². The molecule has 0 amide bonds. The molecule has 0 spiro atoms. The Labute approximate surface area is 95.3 Å². The van der Waals surface area contributed by atoms with Crippen LogP contribution in [0.25, 0.3) is 0 Å². The van der Waals surface area contributed by atoms with E-state index in [9.17, 15) is 0 Å². The molecule has 16 heavy (non-hydrogen) atoms. The number of nitriles is 1. The fourth-order valence-electron chi connectivity index (χ4n) is 1.56. The molecule has 0 aliphatic rings. The summed E-state index contributed by atoms with van der Waals surface area (Å²) in [5.41, 5.74) is 6.62. The van der Waals surface area contributed by atoms with Gasteiger partial charge in [0.15, 0.2) is 5.82 Å². The van der Waals surface area contributed by atoms with E-state index in [0.717, 1.165) is 0 Å². The molecule has 0 radical (unpaired) electrons. The average Bonchev–Trinajstić information content (AvgIpc) is 2.17. The van der Waals surface area contributed by atoms with E-state index >= 15 is 0 Å². The van der Waals surface area contributed by atoms with Gasteiger partial charge >= 0.3 is 0 Å². The molecule has 1 unspecified atom stereocenters. The maximum atomic E-state index is 8.85. The van der Waals surface area contributed by atoms with E-state index in [2.05, 4.69) is 9.97 Å². The molecule has 0 aliphatic carbocycles. The molecule has 0 fully saturated rings. The normalized spacial score (nSPS) is 12.5. The van der Waals surface area contributed by atoms with Crippen LogP contribution >= 0.6 is 0 Å². The topological polar surface area (TPSA) is 84.8 Å². The molecule has 2 N–H and O–H groups in total. The number of aromatic nitrogens is 2. The van der Waals surface area contributed by atoms with Gasteiger partial charge in [-0.15, -0.1) is 0 Å². The summed E-state index contributed by atoms with van der Waals surface area (Å²) in [7, 11) is 1.61. The van der Waals surface area contributed by atoms with Crippen molar-refractivity contribution in [3.05, 3.63) is 17.1 Å². The highest BCUT2D eigenvalue weighted by atomic mass is 16.5. The molecule has 0 aliphatic heterocycles. The molecule has 1 atom stereocenters. The van der Waals surface area contributed by atoms with Gasteiger partial charge in [-0.3, -0.25) is 0 Å². The van der Waals surface area contributed by atoms with Gasteiger partial charge in [-0.25, -0.2) is 9.97 Å². The first-order chi connectivity index (χ1) is 7.51. The Morgan fingerprint density at radius 3 is 2.38 bits per heavy atom. The van der Waals surface area contributed by atoms with Crippen LogP contribution in [0.2, 0.25) is 0 Å². The predicted octanol–water partition coefficient (Wildman–Crippen LogP) is 1.58. The molecular weight excluding hydrogens is 204 g/mol. The van der Waals surface area contributed by atoms with Crippen molar-refractivity contribution >= 4 is 5.82 Å². The Morgan fingerprint density at radius 1 is 1.38 bits per heavy atom. The van der Waals surface area contributed by atoms with E-state index in [0.29, 0.717) is 17.1 Å². The fraction of sp³-hybridized carbons (Fsp3) is 0.545. The lowest BCUT2D eigenvalue weighted by atomic mass is 10.1. The molecular formula is C11H16N4O. The van der Waals surface area contributed by atoms with Crippen LogP contribution in [0.15, 0.2) is 0 Å². The minimum Gasteiger partial charge on any atom is -0.382 e. The third-order valence-electron chi connectivity index (χ3n) is 2.36. The average molecular weight is 220 g/mol. The standard InChI is InChI=1S/C11H16N4O/c1-6(2)9(16-4)11-14-7(3)8(5-12)10(13)15-11/h6,9H,1-4H3,(H2,13,14,15). The largest absolute Gasteiger partial charge is 0.382 e. The van der Waals surface area contributed by atoms with Crippen LogP contribution in [0.5, 0.6) is 0 Å². The summed E-state index contributed by atoms with van der Waals surface area (Å²) < 4.78 is 5.32. The Kier molecular flexibility index (Phi) is 3.80. The summed E-state index contributed by atoms with van der Waals surface area (Å²) in [5.74, 6) is 0.996. The number of methoxy groups -OCH3 is 1. The van der Waals surface area contributed by atoms with Gasteiger partial charge in [0, 0.05) is 7.11 Å². The Balaban J connectivity index is 3.23. The molecule has 1 aromatic rings. The summed E-state index contributed by atoms with van der Waals surface area (Å²) in [6, 6.07) is 1.99. The van der Waals surface area contributed by atoms with E-state index < -0.39 is 0 Å². The van der Waals surface area contributed by atoms with Crippen molar-refractivity contribution in [1.29, 1.82) is 5.26 Å². The Bertz CT molecular complexity index is 399. The first-order valence-electron chi connectivity index (χ1n) is 5.08. The monoisotopic (exact) mass is 220 g/mol. The summed E-state index contributed by atoms with van der Waals surface area (Å²) >= 11 is 0. The maximum absolute atomic E-state index is 8.85. The number of nitrogen functional groups attached to an aromatic ring is 1. The quantitative estimate of drug-likeness (QED) is 0.835. The number of hydrogen-bond donors (Lipinski definition) is 1. The second-order valence-corrected chi connectivity index (χ2v) is 3.94. The van der Waals surface area contributed by atoms with Crippen LogP contribution in [-0.2, 0) is 4.74 Å². The van der Waals surface area contributed by atoms with Crippen LogP contribution in [0.3, 0.4) is 0 Å². The van der Waals surface area contributed by atoms with Crippen molar-refractivity contribution in [2.45, 2.75) is 26.9 Å². The van der Waals surface area contributed by atoms with Crippen LogP contribution in [0.4, 0.5) is 5.82 Å². The zero-order chi connectivity index (χ0) is 12.3. The first-order valence-corrected chi connectivity index (χ1v) is 5.08. The van der Waals surface area contributed by atoms with E-state index in [4.69, 9.17) is 15.7 Å². The number of nitrogens with zero attached hydrogens (tertiary/aromatic N) is 3. The molecule has 0 saturated carbocycles. The molecule has 0 saturated heterocycles. The summed E-state index contributed by atoms with van der Waals surface area (Å²) in [4.78, 5) is 8.38. The highest BCUT2D eigenvalue weighted by Crippen LogP contribution is 2.24. The van der Waals surface area contributed by atoms with Gasteiger partial charge in [-0.05, 0) is 12.8 Å². The SMILES string of the molecule is COC(c1nc(C)c(C#N)c(N)n1)C(C)C. The number of ether oxygens (including phenoxy) is 1. The minimum atomic E-state index is -0.200. The van der Waals surface area contributed by atoms with Gasteiger partial charge in [0.2, 0.25) is 0 Å². The number of anilines is 1. The zero-order valence-electron chi connectivity index (χ0n) is 9.98. The highest BCUT2D eigenvalue weighted by molar-refractivity contribution is 5.50. The van der Waals surface area contributed by atoms with Gasteiger partial charge < -0.3 is 10.5 Å². The van der Waals surface area contributed by atoms with E-state index in [1.165, 1.54) is 0 Å². The number of rotatable bonds is 3.